The Morgan fingerprint density at radius 3 is 2.38 bits per heavy atom. The van der Waals surface area contributed by atoms with E-state index in [4.69, 9.17) is 0 Å². The zero-order valence-electron chi connectivity index (χ0n) is 22.8. The first-order valence-electron chi connectivity index (χ1n) is 13.4. The van der Waals surface area contributed by atoms with Crippen LogP contribution >= 0.6 is 0 Å². The van der Waals surface area contributed by atoms with Crippen molar-refractivity contribution in [1.82, 2.24) is 14.8 Å². The summed E-state index contributed by atoms with van der Waals surface area (Å²) in [6.07, 6.45) is 2.67. The fourth-order valence-electron chi connectivity index (χ4n) is 4.59. The lowest BCUT2D eigenvalue weighted by molar-refractivity contribution is -0.127. The summed E-state index contributed by atoms with van der Waals surface area (Å²) in [5.41, 5.74) is 1.20. The smallest absolute Gasteiger partial charge is 0.275 e. The molecule has 0 aliphatic carbocycles. The Balaban J connectivity index is 1.35. The maximum absolute atomic E-state index is 13.2. The number of pyridine rings is 1. The lowest BCUT2D eigenvalue weighted by Crippen LogP contribution is -2.41. The monoisotopic (exact) mass is 538 g/mol. The van der Waals surface area contributed by atoms with E-state index in [1.54, 1.807) is 25.1 Å². The van der Waals surface area contributed by atoms with E-state index < -0.39 is 23.4 Å². The number of hydrogen-bond acceptors (Lipinski definition) is 5. The Morgan fingerprint density at radius 2 is 1.62 bits per heavy atom. The molecular weight excluding hydrogens is 504 g/mol. The molecular formula is C32H34N4O4. The number of carbonyl (C=O) groups is 3. The summed E-state index contributed by atoms with van der Waals surface area (Å²) in [4.78, 5) is 53.5. The Bertz CT molecular complexity index is 1550. The van der Waals surface area contributed by atoms with Crippen molar-refractivity contribution in [3.05, 3.63) is 113 Å². The van der Waals surface area contributed by atoms with E-state index in [1.165, 1.54) is 22.4 Å². The third-order valence-corrected chi connectivity index (χ3v) is 6.79. The maximum atomic E-state index is 13.2. The van der Waals surface area contributed by atoms with Gasteiger partial charge in [0.2, 0.25) is 5.91 Å². The first-order valence-corrected chi connectivity index (χ1v) is 13.4. The lowest BCUT2D eigenvalue weighted by atomic mass is 10.1. The Kier molecular flexibility index (Phi) is 9.59. The van der Waals surface area contributed by atoms with Gasteiger partial charge in [-0.2, -0.15) is 0 Å². The molecule has 206 valence electrons. The average molecular weight is 539 g/mol. The summed E-state index contributed by atoms with van der Waals surface area (Å²) < 4.78 is 1.29. The fourth-order valence-corrected chi connectivity index (χ4v) is 4.59. The number of carbonyl (C=O) groups excluding carboxylic acids is 3. The standard InChI is InChI=1S/C32H34N4O4/c1-3-29(31(39)33-21-27(37)22-35(2)19-17-23-10-5-4-6-11-23)36-18-9-14-28(32(36)40)34-30(38)26-16-15-24-12-7-8-13-25(24)20-26/h4-16,18,20,29H,3,17,19,21-22H2,1-2H3,(H,33,39)(H,34,38). The largest absolute Gasteiger partial charge is 0.347 e. The van der Waals surface area contributed by atoms with E-state index in [2.05, 4.69) is 10.6 Å². The molecule has 1 unspecified atom stereocenters. The van der Waals surface area contributed by atoms with Gasteiger partial charge in [0.15, 0.2) is 5.78 Å². The number of hydrogen-bond donors (Lipinski definition) is 2. The van der Waals surface area contributed by atoms with Crippen LogP contribution in [0.3, 0.4) is 0 Å². The minimum absolute atomic E-state index is 0.0722. The number of fused-ring (bicyclic) bond motifs is 1. The number of nitrogens with zero attached hydrogens (tertiary/aromatic N) is 2. The molecule has 1 atom stereocenters. The van der Waals surface area contributed by atoms with Crippen LogP contribution in [-0.4, -0.2) is 53.7 Å². The molecule has 0 aliphatic heterocycles. The number of rotatable bonds is 12. The number of amides is 2. The molecule has 0 saturated heterocycles. The zero-order chi connectivity index (χ0) is 28.5. The van der Waals surface area contributed by atoms with Crippen molar-refractivity contribution in [2.24, 2.45) is 0 Å². The van der Waals surface area contributed by atoms with Crippen LogP contribution in [0.2, 0.25) is 0 Å². The van der Waals surface area contributed by atoms with Gasteiger partial charge in [-0.25, -0.2) is 0 Å². The number of aromatic nitrogens is 1. The molecule has 8 nitrogen and oxygen atoms in total. The summed E-state index contributed by atoms with van der Waals surface area (Å²) in [6.45, 7) is 2.59. The predicted molar refractivity (Wildman–Crippen MR) is 158 cm³/mol. The van der Waals surface area contributed by atoms with Gasteiger partial charge in [0.1, 0.15) is 11.7 Å². The minimum Gasteiger partial charge on any atom is -0.347 e. The highest BCUT2D eigenvalue weighted by molar-refractivity contribution is 6.06. The first kappa shape index (κ1) is 28.4. The highest BCUT2D eigenvalue weighted by Crippen LogP contribution is 2.17. The van der Waals surface area contributed by atoms with Crippen LogP contribution in [0.15, 0.2) is 95.9 Å². The van der Waals surface area contributed by atoms with E-state index in [1.807, 2.05) is 72.6 Å². The quantitative estimate of drug-likeness (QED) is 0.283. The number of anilines is 1. The van der Waals surface area contributed by atoms with Crippen LogP contribution in [-0.2, 0) is 16.0 Å². The van der Waals surface area contributed by atoms with Gasteiger partial charge in [0.05, 0.1) is 13.1 Å². The molecule has 1 heterocycles. The molecule has 0 spiro atoms. The number of nitrogens with one attached hydrogen (secondary N) is 2. The van der Waals surface area contributed by atoms with E-state index >= 15 is 0 Å². The summed E-state index contributed by atoms with van der Waals surface area (Å²) in [6, 6.07) is 25.4. The van der Waals surface area contributed by atoms with Crippen molar-refractivity contribution in [1.29, 1.82) is 0 Å². The van der Waals surface area contributed by atoms with Gasteiger partial charge in [-0.1, -0.05) is 67.6 Å². The number of benzene rings is 3. The van der Waals surface area contributed by atoms with Crippen LogP contribution in [0.5, 0.6) is 0 Å². The van der Waals surface area contributed by atoms with Gasteiger partial charge >= 0.3 is 0 Å². The van der Waals surface area contributed by atoms with Crippen molar-refractivity contribution in [3.8, 4) is 0 Å². The maximum Gasteiger partial charge on any atom is 0.275 e. The molecule has 2 amide bonds. The molecule has 2 N–H and O–H groups in total. The van der Waals surface area contributed by atoms with E-state index in [0.29, 0.717) is 18.5 Å². The van der Waals surface area contributed by atoms with Crippen molar-refractivity contribution < 1.29 is 14.4 Å². The number of ketones is 1. The molecule has 0 radical (unpaired) electrons. The first-order chi connectivity index (χ1) is 19.4. The van der Waals surface area contributed by atoms with E-state index in [-0.39, 0.29) is 24.6 Å². The van der Waals surface area contributed by atoms with Gasteiger partial charge in [0.25, 0.3) is 11.5 Å². The molecule has 0 fully saturated rings. The van der Waals surface area contributed by atoms with Gasteiger partial charge in [-0.15, -0.1) is 0 Å². The van der Waals surface area contributed by atoms with E-state index in [9.17, 15) is 19.2 Å². The Labute approximate surface area is 233 Å². The van der Waals surface area contributed by atoms with Crippen LogP contribution < -0.4 is 16.2 Å². The van der Waals surface area contributed by atoms with Crippen molar-refractivity contribution in [3.63, 3.8) is 0 Å². The second-order valence-corrected chi connectivity index (χ2v) is 9.80. The molecule has 4 rings (SSSR count). The molecule has 4 aromatic rings. The van der Waals surface area contributed by atoms with Crippen LogP contribution in [0, 0.1) is 0 Å². The van der Waals surface area contributed by atoms with Gasteiger partial charge in [-0.3, -0.25) is 24.1 Å². The average Bonchev–Trinajstić information content (AvgIpc) is 2.97. The molecule has 8 heteroatoms. The number of likely N-dealkylation sites (N-methyl/N-ethyl adjacent to an activating group) is 1. The topological polar surface area (TPSA) is 101 Å². The van der Waals surface area contributed by atoms with Gasteiger partial charge < -0.3 is 15.2 Å². The molecule has 0 bridgehead atoms. The Morgan fingerprint density at radius 1 is 0.900 bits per heavy atom. The van der Waals surface area contributed by atoms with Crippen LogP contribution in [0.4, 0.5) is 5.69 Å². The van der Waals surface area contributed by atoms with Crippen molar-refractivity contribution in [2.75, 3.05) is 32.0 Å². The van der Waals surface area contributed by atoms with Crippen molar-refractivity contribution >= 4 is 34.1 Å². The minimum atomic E-state index is -0.825. The lowest BCUT2D eigenvalue weighted by Gasteiger charge is -2.19. The van der Waals surface area contributed by atoms with Crippen LogP contribution in [0.1, 0.15) is 35.3 Å². The van der Waals surface area contributed by atoms with Gasteiger partial charge in [-0.05, 0) is 60.5 Å². The van der Waals surface area contributed by atoms with Crippen molar-refractivity contribution in [2.45, 2.75) is 25.8 Å². The summed E-state index contributed by atoms with van der Waals surface area (Å²) in [5.74, 6) is -0.967. The second-order valence-electron chi connectivity index (χ2n) is 9.80. The fraction of sp³-hybridized carbons (Fsp3) is 0.250. The summed E-state index contributed by atoms with van der Waals surface area (Å²) in [7, 11) is 1.87. The third-order valence-electron chi connectivity index (χ3n) is 6.79. The molecule has 1 aromatic heterocycles. The summed E-state index contributed by atoms with van der Waals surface area (Å²) in [5, 5.41) is 7.29. The predicted octanol–water partition coefficient (Wildman–Crippen LogP) is 4.06. The highest BCUT2D eigenvalue weighted by Gasteiger charge is 2.22. The van der Waals surface area contributed by atoms with Gasteiger partial charge in [0, 0.05) is 18.3 Å². The second kappa shape index (κ2) is 13.5. The van der Waals surface area contributed by atoms with Crippen LogP contribution in [0.25, 0.3) is 10.8 Å². The number of Topliss-reactive ketones (excluding diaryl/α,β-unsaturated/α-hetero) is 1. The third kappa shape index (κ3) is 7.30. The zero-order valence-corrected chi connectivity index (χ0v) is 22.8. The van der Waals surface area contributed by atoms with E-state index in [0.717, 1.165) is 17.2 Å². The molecule has 0 saturated carbocycles. The molecule has 40 heavy (non-hydrogen) atoms. The molecule has 3 aromatic carbocycles. The molecule has 0 aliphatic rings. The summed E-state index contributed by atoms with van der Waals surface area (Å²) >= 11 is 0. The Hall–Kier alpha value is -4.56. The normalized spacial score (nSPS) is 11.8. The highest BCUT2D eigenvalue weighted by atomic mass is 16.2. The SMILES string of the molecule is CCC(C(=O)NCC(=O)CN(C)CCc1ccccc1)n1cccc(NC(=O)c2ccc3ccccc3c2)c1=O.